The number of urea groups is 1. The molecule has 0 aliphatic carbocycles. The zero-order valence-electron chi connectivity index (χ0n) is 15.5. The van der Waals surface area contributed by atoms with Crippen LogP contribution in [0.1, 0.15) is 19.4 Å². The number of halogens is 1. The zero-order valence-corrected chi connectivity index (χ0v) is 15.5. The van der Waals surface area contributed by atoms with E-state index in [1.54, 1.807) is 44.2 Å². The van der Waals surface area contributed by atoms with Crippen molar-refractivity contribution in [1.82, 2.24) is 5.32 Å². The molecule has 2 aromatic rings. The molecule has 0 spiro atoms. The summed E-state index contributed by atoms with van der Waals surface area (Å²) in [5.74, 6) is -1.20. The summed E-state index contributed by atoms with van der Waals surface area (Å²) in [7, 11) is 1.37. The number of para-hydroxylation sites is 1. The Balaban J connectivity index is 1.94. The average Bonchev–Trinajstić information content (AvgIpc) is 2.65. The van der Waals surface area contributed by atoms with E-state index in [1.165, 1.54) is 19.2 Å². The van der Waals surface area contributed by atoms with Gasteiger partial charge in [-0.25, -0.2) is 14.0 Å². The van der Waals surface area contributed by atoms with Gasteiger partial charge in [-0.05, 0) is 35.7 Å². The molecule has 0 bridgehead atoms. The fraction of sp³-hybridized carbons (Fsp3) is 0.300. The van der Waals surface area contributed by atoms with Crippen LogP contribution in [0.15, 0.2) is 48.5 Å². The molecule has 27 heavy (non-hydrogen) atoms. The maximum atomic E-state index is 13.7. The summed E-state index contributed by atoms with van der Waals surface area (Å²) in [6.07, 6.45) is 0. The van der Waals surface area contributed by atoms with E-state index in [0.717, 1.165) is 0 Å². The number of nitrogens with one attached hydrogen (secondary N) is 2. The lowest BCUT2D eigenvalue weighted by Crippen LogP contribution is -2.47. The van der Waals surface area contributed by atoms with Gasteiger partial charge in [0.2, 0.25) is 0 Å². The number of amides is 2. The van der Waals surface area contributed by atoms with Crippen LogP contribution in [-0.4, -0.2) is 25.2 Å². The Morgan fingerprint density at radius 1 is 1.11 bits per heavy atom. The smallest absolute Gasteiger partial charge is 0.329 e. The molecule has 0 radical (unpaired) electrons. The van der Waals surface area contributed by atoms with Crippen molar-refractivity contribution in [3.05, 3.63) is 59.9 Å². The van der Waals surface area contributed by atoms with E-state index in [9.17, 15) is 14.0 Å². The minimum Gasteiger partial charge on any atom is -0.494 e. The lowest BCUT2D eigenvalue weighted by molar-refractivity contribution is -0.148. The number of ether oxygens (including phenoxy) is 2. The first-order valence-electron chi connectivity index (χ1n) is 8.52. The molecule has 0 aliphatic rings. The zero-order chi connectivity index (χ0) is 19.8. The predicted octanol–water partition coefficient (Wildman–Crippen LogP) is 3.72. The molecular formula is C20H23FN2O4. The predicted molar refractivity (Wildman–Crippen MR) is 100.0 cm³/mol. The maximum Gasteiger partial charge on any atom is 0.329 e. The Morgan fingerprint density at radius 3 is 2.41 bits per heavy atom. The van der Waals surface area contributed by atoms with Crippen LogP contribution in [0, 0.1) is 11.7 Å². The first kappa shape index (κ1) is 20.2. The highest BCUT2D eigenvalue weighted by atomic mass is 19.1. The van der Waals surface area contributed by atoms with Crippen molar-refractivity contribution < 1.29 is 23.5 Å². The molecule has 2 amide bonds. The summed E-state index contributed by atoms with van der Waals surface area (Å²) in [4.78, 5) is 24.5. The van der Waals surface area contributed by atoms with E-state index < -0.39 is 23.9 Å². The van der Waals surface area contributed by atoms with Gasteiger partial charge in [0, 0.05) is 5.69 Å². The summed E-state index contributed by atoms with van der Waals surface area (Å²) in [5, 5.41) is 5.27. The third-order valence-corrected chi connectivity index (χ3v) is 3.84. The molecule has 6 nitrogen and oxygen atoms in total. The quantitative estimate of drug-likeness (QED) is 0.724. The Hall–Kier alpha value is -3.09. The fourth-order valence-electron chi connectivity index (χ4n) is 2.37. The number of benzene rings is 2. The van der Waals surface area contributed by atoms with Crippen molar-refractivity contribution >= 4 is 17.7 Å². The van der Waals surface area contributed by atoms with Gasteiger partial charge in [-0.15, -0.1) is 0 Å². The second kappa shape index (κ2) is 9.56. The molecule has 0 saturated heterocycles. The van der Waals surface area contributed by atoms with Crippen LogP contribution in [0.4, 0.5) is 14.9 Å². The maximum absolute atomic E-state index is 13.7. The van der Waals surface area contributed by atoms with Crippen molar-refractivity contribution in [2.24, 2.45) is 5.92 Å². The number of carbonyl (C=O) groups is 2. The van der Waals surface area contributed by atoms with Gasteiger partial charge in [0.25, 0.3) is 0 Å². The number of carbonyl (C=O) groups excluding carboxylic acids is 2. The van der Waals surface area contributed by atoms with E-state index >= 15 is 0 Å². The van der Waals surface area contributed by atoms with Crippen molar-refractivity contribution in [3.8, 4) is 5.75 Å². The van der Waals surface area contributed by atoms with Crippen LogP contribution < -0.4 is 15.4 Å². The number of hydrogen-bond acceptors (Lipinski definition) is 4. The van der Waals surface area contributed by atoms with Crippen molar-refractivity contribution in [2.45, 2.75) is 26.5 Å². The Kier molecular flexibility index (Phi) is 7.16. The summed E-state index contributed by atoms with van der Waals surface area (Å²) in [6, 6.07) is 11.9. The van der Waals surface area contributed by atoms with Gasteiger partial charge < -0.3 is 20.1 Å². The molecule has 2 rings (SSSR count). The molecule has 7 heteroatoms. The van der Waals surface area contributed by atoms with Gasteiger partial charge in [-0.3, -0.25) is 0 Å². The third kappa shape index (κ3) is 5.99. The normalized spacial score (nSPS) is 11.6. The van der Waals surface area contributed by atoms with Crippen LogP contribution >= 0.6 is 0 Å². The van der Waals surface area contributed by atoms with E-state index in [1.807, 2.05) is 6.07 Å². The lowest BCUT2D eigenvalue weighted by Gasteiger charge is -2.21. The average molecular weight is 374 g/mol. The lowest BCUT2D eigenvalue weighted by atomic mass is 10.1. The largest absolute Gasteiger partial charge is 0.494 e. The monoisotopic (exact) mass is 374 g/mol. The van der Waals surface area contributed by atoms with Crippen LogP contribution in [-0.2, 0) is 16.1 Å². The molecule has 0 heterocycles. The van der Waals surface area contributed by atoms with Gasteiger partial charge >= 0.3 is 12.0 Å². The van der Waals surface area contributed by atoms with Gasteiger partial charge in [-0.1, -0.05) is 38.1 Å². The molecule has 0 aliphatic heterocycles. The van der Waals surface area contributed by atoms with E-state index in [4.69, 9.17) is 9.47 Å². The molecule has 1 atom stereocenters. The van der Waals surface area contributed by atoms with Crippen LogP contribution in [0.25, 0.3) is 0 Å². The van der Waals surface area contributed by atoms with Crippen LogP contribution in [0.2, 0.25) is 0 Å². The van der Waals surface area contributed by atoms with Crippen molar-refractivity contribution in [3.63, 3.8) is 0 Å². The summed E-state index contributed by atoms with van der Waals surface area (Å²) >= 11 is 0. The molecule has 0 saturated carbocycles. The minimum atomic E-state index is -0.836. The van der Waals surface area contributed by atoms with E-state index in [0.29, 0.717) is 11.3 Å². The Labute approximate surface area is 157 Å². The molecule has 0 fully saturated rings. The van der Waals surface area contributed by atoms with Crippen molar-refractivity contribution in [1.29, 1.82) is 0 Å². The number of anilines is 1. The number of esters is 1. The third-order valence-electron chi connectivity index (χ3n) is 3.84. The van der Waals surface area contributed by atoms with E-state index in [-0.39, 0.29) is 18.3 Å². The van der Waals surface area contributed by atoms with Gasteiger partial charge in [0.1, 0.15) is 12.6 Å². The topological polar surface area (TPSA) is 76.7 Å². The molecule has 144 valence electrons. The van der Waals surface area contributed by atoms with Gasteiger partial charge in [-0.2, -0.15) is 0 Å². The first-order chi connectivity index (χ1) is 12.9. The highest BCUT2D eigenvalue weighted by Gasteiger charge is 2.26. The standard InChI is InChI=1S/C20H23FN2O4/c1-13(2)18(23-20(25)22-15-7-5-4-6-8-15)19(24)27-12-14-9-10-17(26-3)16(21)11-14/h4-11,13,18H,12H2,1-3H3,(H2,22,23,25)/t18-/m1/s1. The van der Waals surface area contributed by atoms with Crippen LogP contribution in [0.5, 0.6) is 5.75 Å². The highest BCUT2D eigenvalue weighted by Crippen LogP contribution is 2.18. The van der Waals surface area contributed by atoms with Crippen molar-refractivity contribution in [2.75, 3.05) is 12.4 Å². The molecule has 0 unspecified atom stereocenters. The SMILES string of the molecule is COc1ccc(COC(=O)[C@H](NC(=O)Nc2ccccc2)C(C)C)cc1F. The molecular weight excluding hydrogens is 351 g/mol. The number of rotatable bonds is 7. The second-order valence-electron chi connectivity index (χ2n) is 6.26. The second-order valence-corrected chi connectivity index (χ2v) is 6.26. The summed E-state index contributed by atoms with van der Waals surface area (Å²) < 4.78 is 23.8. The fourth-order valence-corrected chi connectivity index (χ4v) is 2.37. The van der Waals surface area contributed by atoms with E-state index in [2.05, 4.69) is 10.6 Å². The molecule has 0 aromatic heterocycles. The minimum absolute atomic E-state index is 0.106. The molecule has 2 aromatic carbocycles. The molecule has 2 N–H and O–H groups in total. The Bertz CT molecular complexity index is 781. The Morgan fingerprint density at radius 2 is 1.81 bits per heavy atom. The number of methoxy groups -OCH3 is 1. The highest BCUT2D eigenvalue weighted by molar-refractivity contribution is 5.92. The first-order valence-corrected chi connectivity index (χ1v) is 8.52. The summed E-state index contributed by atoms with van der Waals surface area (Å²) in [6.45, 7) is 3.48. The van der Waals surface area contributed by atoms with Gasteiger partial charge in [0.15, 0.2) is 11.6 Å². The van der Waals surface area contributed by atoms with Gasteiger partial charge in [0.05, 0.1) is 7.11 Å². The summed E-state index contributed by atoms with van der Waals surface area (Å²) in [5.41, 5.74) is 1.09. The number of hydrogen-bond donors (Lipinski definition) is 2. The van der Waals surface area contributed by atoms with Crippen LogP contribution in [0.3, 0.4) is 0 Å².